The highest BCUT2D eigenvalue weighted by Crippen LogP contribution is 2.34. The van der Waals surface area contributed by atoms with Crippen molar-refractivity contribution in [3.05, 3.63) is 35.9 Å². The zero-order chi connectivity index (χ0) is 20.4. The number of amides is 2. The van der Waals surface area contributed by atoms with E-state index >= 15 is 0 Å². The van der Waals surface area contributed by atoms with Crippen LogP contribution in [-0.2, 0) is 9.59 Å². The number of hydrogen-bond acceptors (Lipinski definition) is 4. The number of carbonyl (C=O) groups is 3. The number of carboxylic acids is 1. The highest BCUT2D eigenvalue weighted by Gasteiger charge is 2.40. The zero-order valence-corrected chi connectivity index (χ0v) is 16.6. The molecule has 0 spiro atoms. The van der Waals surface area contributed by atoms with Crippen LogP contribution in [0.25, 0.3) is 0 Å². The molecule has 3 fully saturated rings. The predicted octanol–water partition coefficient (Wildman–Crippen LogP) is 1.74. The topological polar surface area (TPSA) is 89.9 Å². The molecule has 2 saturated carbocycles. The lowest BCUT2D eigenvalue weighted by molar-refractivity contribution is -0.140. The van der Waals surface area contributed by atoms with Gasteiger partial charge in [-0.25, -0.2) is 0 Å². The summed E-state index contributed by atoms with van der Waals surface area (Å²) in [6.45, 7) is 1.52. The number of carboxylic acid groups (broad SMARTS) is 1. The van der Waals surface area contributed by atoms with Gasteiger partial charge < -0.3 is 15.3 Å². The maximum absolute atomic E-state index is 12.8. The van der Waals surface area contributed by atoms with Gasteiger partial charge in [-0.05, 0) is 56.6 Å². The summed E-state index contributed by atoms with van der Waals surface area (Å²) in [6, 6.07) is 8.97. The van der Waals surface area contributed by atoms with E-state index in [1.165, 1.54) is 12.8 Å². The molecule has 4 rings (SSSR count). The van der Waals surface area contributed by atoms with E-state index in [2.05, 4.69) is 10.2 Å². The van der Waals surface area contributed by atoms with Crippen LogP contribution in [0, 0.1) is 5.92 Å². The molecule has 1 aromatic carbocycles. The fraction of sp³-hybridized carbons (Fsp3) is 0.591. The first kappa shape index (κ1) is 19.9. The van der Waals surface area contributed by atoms with Gasteiger partial charge in [0.25, 0.3) is 5.91 Å². The number of likely N-dealkylation sites (tertiary alicyclic amines) is 1. The summed E-state index contributed by atoms with van der Waals surface area (Å²) in [6.07, 6.45) is 5.47. The molecule has 1 atom stereocenters. The van der Waals surface area contributed by atoms with Crippen LogP contribution in [0.15, 0.2) is 30.3 Å². The van der Waals surface area contributed by atoms with Crippen LogP contribution < -0.4 is 5.32 Å². The number of benzene rings is 1. The molecule has 7 nitrogen and oxygen atoms in total. The Labute approximate surface area is 171 Å². The minimum Gasteiger partial charge on any atom is -0.480 e. The molecule has 1 heterocycles. The molecular formula is C22H29N3O4. The molecule has 1 aliphatic heterocycles. The van der Waals surface area contributed by atoms with Crippen molar-refractivity contribution in [3.63, 3.8) is 0 Å². The van der Waals surface area contributed by atoms with E-state index in [1.54, 1.807) is 17.0 Å². The maximum atomic E-state index is 12.8. The Hall–Kier alpha value is -2.41. The van der Waals surface area contributed by atoms with E-state index in [0.717, 1.165) is 25.8 Å². The number of aliphatic carboxylic acids is 1. The predicted molar refractivity (Wildman–Crippen MR) is 107 cm³/mol. The minimum absolute atomic E-state index is 0.0669. The van der Waals surface area contributed by atoms with Crippen LogP contribution in [-0.4, -0.2) is 70.4 Å². The van der Waals surface area contributed by atoms with Gasteiger partial charge in [0.05, 0.1) is 6.54 Å². The summed E-state index contributed by atoms with van der Waals surface area (Å²) in [4.78, 5) is 40.5. The van der Waals surface area contributed by atoms with Crippen molar-refractivity contribution in [1.82, 2.24) is 15.1 Å². The summed E-state index contributed by atoms with van der Waals surface area (Å²) in [5.41, 5.74) is 0.611. The average molecular weight is 399 g/mol. The van der Waals surface area contributed by atoms with E-state index in [-0.39, 0.29) is 30.4 Å². The molecule has 156 valence electrons. The molecule has 2 aliphatic carbocycles. The molecule has 1 aromatic rings. The lowest BCUT2D eigenvalue weighted by atomic mass is 9.85. The van der Waals surface area contributed by atoms with Crippen molar-refractivity contribution in [1.29, 1.82) is 0 Å². The smallest absolute Gasteiger partial charge is 0.317 e. The van der Waals surface area contributed by atoms with Crippen LogP contribution in [0.5, 0.6) is 0 Å². The zero-order valence-electron chi connectivity index (χ0n) is 16.6. The third-order valence-electron chi connectivity index (χ3n) is 6.34. The third kappa shape index (κ3) is 4.78. The fourth-order valence-corrected chi connectivity index (χ4v) is 4.48. The molecule has 29 heavy (non-hydrogen) atoms. The molecule has 2 N–H and O–H groups in total. The highest BCUT2D eigenvalue weighted by molar-refractivity contribution is 5.98. The first-order chi connectivity index (χ1) is 14.0. The monoisotopic (exact) mass is 399 g/mol. The van der Waals surface area contributed by atoms with Gasteiger partial charge in [-0.1, -0.05) is 18.2 Å². The molecule has 0 aromatic heterocycles. The average Bonchev–Trinajstić information content (AvgIpc) is 3.35. The van der Waals surface area contributed by atoms with Crippen molar-refractivity contribution in [2.45, 2.75) is 56.7 Å². The Morgan fingerprint density at radius 3 is 2.48 bits per heavy atom. The van der Waals surface area contributed by atoms with Crippen molar-refractivity contribution >= 4 is 17.8 Å². The molecule has 2 amide bonds. The number of hydrogen-bond donors (Lipinski definition) is 2. The number of carbonyl (C=O) groups excluding carboxylic acids is 2. The van der Waals surface area contributed by atoms with E-state index < -0.39 is 12.0 Å². The largest absolute Gasteiger partial charge is 0.480 e. The second-order valence-corrected chi connectivity index (χ2v) is 8.62. The van der Waals surface area contributed by atoms with E-state index in [4.69, 9.17) is 5.11 Å². The second-order valence-electron chi connectivity index (χ2n) is 8.62. The lowest BCUT2D eigenvalue weighted by Gasteiger charge is -2.43. The van der Waals surface area contributed by atoms with Crippen molar-refractivity contribution in [2.24, 2.45) is 5.92 Å². The fourth-order valence-electron chi connectivity index (χ4n) is 4.48. The van der Waals surface area contributed by atoms with Crippen molar-refractivity contribution in [2.75, 3.05) is 19.6 Å². The van der Waals surface area contributed by atoms with Crippen LogP contribution in [0.3, 0.4) is 0 Å². The normalized spacial score (nSPS) is 26.2. The van der Waals surface area contributed by atoms with E-state index in [9.17, 15) is 14.4 Å². The first-order valence-electron chi connectivity index (χ1n) is 10.6. The van der Waals surface area contributed by atoms with E-state index in [1.807, 2.05) is 18.2 Å². The van der Waals surface area contributed by atoms with Crippen molar-refractivity contribution < 1.29 is 19.5 Å². The number of rotatable bonds is 8. The van der Waals surface area contributed by atoms with Gasteiger partial charge in [0.2, 0.25) is 5.91 Å². The van der Waals surface area contributed by atoms with Gasteiger partial charge >= 0.3 is 5.97 Å². The van der Waals surface area contributed by atoms with Gasteiger partial charge in [0, 0.05) is 30.7 Å². The summed E-state index contributed by atoms with van der Waals surface area (Å²) in [5, 5.41) is 12.3. The molecule has 3 aliphatic rings. The van der Waals surface area contributed by atoms with Gasteiger partial charge in [-0.15, -0.1) is 0 Å². The second kappa shape index (κ2) is 8.53. The molecule has 1 saturated heterocycles. The van der Waals surface area contributed by atoms with Crippen LogP contribution >= 0.6 is 0 Å². The lowest BCUT2D eigenvalue weighted by Crippen LogP contribution is -2.57. The van der Waals surface area contributed by atoms with Gasteiger partial charge in [-0.2, -0.15) is 0 Å². The Morgan fingerprint density at radius 1 is 1.10 bits per heavy atom. The van der Waals surface area contributed by atoms with Crippen LogP contribution in [0.2, 0.25) is 0 Å². The summed E-state index contributed by atoms with van der Waals surface area (Å²) >= 11 is 0. The molecule has 1 unspecified atom stereocenters. The van der Waals surface area contributed by atoms with Gasteiger partial charge in [-0.3, -0.25) is 19.3 Å². The molecule has 7 heteroatoms. The maximum Gasteiger partial charge on any atom is 0.317 e. The highest BCUT2D eigenvalue weighted by atomic mass is 16.4. The van der Waals surface area contributed by atoms with Crippen molar-refractivity contribution in [3.8, 4) is 0 Å². The van der Waals surface area contributed by atoms with Gasteiger partial charge in [0.1, 0.15) is 6.04 Å². The number of nitrogens with one attached hydrogen (secondary N) is 1. The number of nitrogens with zero attached hydrogens (tertiary/aromatic N) is 2. The van der Waals surface area contributed by atoms with Crippen LogP contribution in [0.4, 0.5) is 0 Å². The third-order valence-corrected chi connectivity index (χ3v) is 6.34. The van der Waals surface area contributed by atoms with Crippen LogP contribution in [0.1, 0.15) is 48.9 Å². The minimum atomic E-state index is -0.792. The van der Waals surface area contributed by atoms with Gasteiger partial charge in [0.15, 0.2) is 0 Å². The molecule has 0 radical (unpaired) electrons. The molecule has 0 bridgehead atoms. The Morgan fingerprint density at radius 2 is 1.83 bits per heavy atom. The summed E-state index contributed by atoms with van der Waals surface area (Å²) in [7, 11) is 0. The quantitative estimate of drug-likeness (QED) is 0.695. The summed E-state index contributed by atoms with van der Waals surface area (Å²) in [5.74, 6) is -0.327. The molecular weight excluding hydrogens is 370 g/mol. The Bertz CT molecular complexity index is 759. The SMILES string of the molecule is O=C(O)CN(CC1CC1)C1CC(NC(=O)C2CCCN2C(=O)c2ccccc2)C1. The summed E-state index contributed by atoms with van der Waals surface area (Å²) < 4.78 is 0. The van der Waals surface area contributed by atoms with E-state index in [0.29, 0.717) is 24.4 Å². The first-order valence-corrected chi connectivity index (χ1v) is 10.6. The standard InChI is InChI=1S/C22H29N3O4/c26-20(27)14-24(13-15-8-9-15)18-11-17(12-18)23-21(28)19-7-4-10-25(19)22(29)16-5-2-1-3-6-16/h1-3,5-6,15,17-19H,4,7-14H2,(H,23,28)(H,26,27). The Balaban J connectivity index is 1.29. The Kier molecular flexibility index (Phi) is 5.85.